The number of allylic oxidation sites excluding steroid dienone is 2. The van der Waals surface area contributed by atoms with E-state index in [1.807, 2.05) is 6.92 Å². The smallest absolute Gasteiger partial charge is 0.300 e. The first-order valence-electron chi connectivity index (χ1n) is 4.37. The summed E-state index contributed by atoms with van der Waals surface area (Å²) < 4.78 is 0. The van der Waals surface area contributed by atoms with Crippen molar-refractivity contribution in [3.8, 4) is 0 Å². The molecule has 13 heavy (non-hydrogen) atoms. The van der Waals surface area contributed by atoms with Gasteiger partial charge in [0.1, 0.15) is 0 Å². The molecule has 0 heterocycles. The lowest BCUT2D eigenvalue weighted by molar-refractivity contribution is -0.134. The van der Waals surface area contributed by atoms with Crippen LogP contribution in [0.25, 0.3) is 0 Å². The van der Waals surface area contributed by atoms with E-state index in [2.05, 4.69) is 19.9 Å². The summed E-state index contributed by atoms with van der Waals surface area (Å²) in [5.74, 6) is -0.833. The molecule has 0 saturated carbocycles. The zero-order chi connectivity index (χ0) is 10.9. The van der Waals surface area contributed by atoms with E-state index in [0.717, 1.165) is 19.8 Å². The van der Waals surface area contributed by atoms with Crippen LogP contribution >= 0.6 is 0 Å². The Bertz CT molecular complexity index is 152. The van der Waals surface area contributed by atoms with Crippen molar-refractivity contribution < 1.29 is 15.0 Å². The Morgan fingerprint density at radius 3 is 2.00 bits per heavy atom. The summed E-state index contributed by atoms with van der Waals surface area (Å²) in [5.41, 5.74) is 1.33. The summed E-state index contributed by atoms with van der Waals surface area (Å²) in [6.07, 6.45) is 3.87. The molecule has 1 unspecified atom stereocenters. The van der Waals surface area contributed by atoms with Crippen molar-refractivity contribution in [1.29, 1.82) is 0 Å². The van der Waals surface area contributed by atoms with Crippen LogP contribution in [0.3, 0.4) is 0 Å². The van der Waals surface area contributed by atoms with Gasteiger partial charge < -0.3 is 10.2 Å². The molecule has 0 aromatic carbocycles. The lowest BCUT2D eigenvalue weighted by Crippen LogP contribution is -1.96. The summed E-state index contributed by atoms with van der Waals surface area (Å²) in [7, 11) is 0. The normalized spacial score (nSPS) is 10.8. The van der Waals surface area contributed by atoms with E-state index in [9.17, 15) is 0 Å². The maximum absolute atomic E-state index is 9.00. The number of aliphatic hydroxyl groups excluding tert-OH is 1. The molecule has 0 saturated heterocycles. The van der Waals surface area contributed by atoms with Crippen molar-refractivity contribution in [2.45, 2.75) is 46.6 Å². The highest BCUT2D eigenvalue weighted by Crippen LogP contribution is 1.99. The van der Waals surface area contributed by atoms with Crippen molar-refractivity contribution in [3.05, 3.63) is 11.6 Å². The Morgan fingerprint density at radius 1 is 1.38 bits per heavy atom. The van der Waals surface area contributed by atoms with Gasteiger partial charge in [0, 0.05) is 6.92 Å². The van der Waals surface area contributed by atoms with Crippen molar-refractivity contribution in [3.63, 3.8) is 0 Å². The number of aliphatic hydroxyl groups is 1. The molecule has 0 aromatic heterocycles. The fourth-order valence-electron chi connectivity index (χ4n) is 0.613. The molecule has 2 N–H and O–H groups in total. The van der Waals surface area contributed by atoms with Crippen LogP contribution in [0.15, 0.2) is 11.6 Å². The first-order chi connectivity index (χ1) is 5.86. The van der Waals surface area contributed by atoms with Gasteiger partial charge >= 0.3 is 0 Å². The predicted octanol–water partition coefficient (Wildman–Crippen LogP) is 2.20. The summed E-state index contributed by atoms with van der Waals surface area (Å²) in [5, 5.41) is 16.3. The molecule has 0 aliphatic rings. The van der Waals surface area contributed by atoms with E-state index in [0.29, 0.717) is 0 Å². The molecule has 78 valence electrons. The van der Waals surface area contributed by atoms with E-state index in [1.165, 1.54) is 5.57 Å². The van der Waals surface area contributed by atoms with Crippen LogP contribution in [-0.4, -0.2) is 22.3 Å². The molecule has 0 radical (unpaired) electrons. The fourth-order valence-corrected chi connectivity index (χ4v) is 0.613. The second-order valence-corrected chi connectivity index (χ2v) is 3.23. The maximum atomic E-state index is 9.00. The van der Waals surface area contributed by atoms with Gasteiger partial charge in [-0.2, -0.15) is 0 Å². The van der Waals surface area contributed by atoms with Gasteiger partial charge in [-0.3, -0.25) is 4.79 Å². The van der Waals surface area contributed by atoms with Crippen LogP contribution in [0.5, 0.6) is 0 Å². The topological polar surface area (TPSA) is 57.5 Å². The van der Waals surface area contributed by atoms with Crippen LogP contribution in [0.4, 0.5) is 0 Å². The number of aliphatic carboxylic acids is 1. The summed E-state index contributed by atoms with van der Waals surface area (Å²) in [4.78, 5) is 9.00. The highest BCUT2D eigenvalue weighted by Gasteiger charge is 1.90. The third-order valence-electron chi connectivity index (χ3n) is 1.14. The minimum Gasteiger partial charge on any atom is -0.481 e. The zero-order valence-electron chi connectivity index (χ0n) is 8.87. The predicted molar refractivity (Wildman–Crippen MR) is 53.7 cm³/mol. The standard InChI is InChI=1S/C8H16O.C2H4O2/c1-7(2)5-4-6-8(3)9;1-2(3)4/h5,8-9H,4,6H2,1-3H3;1H3,(H,3,4). The third kappa shape index (κ3) is 35.1. The Balaban J connectivity index is 0. The molecule has 0 spiro atoms. The number of carboxylic acids is 1. The molecule has 0 bridgehead atoms. The van der Waals surface area contributed by atoms with Gasteiger partial charge in [0.05, 0.1) is 6.10 Å². The SMILES string of the molecule is CC(=O)O.CC(C)=CCCC(C)O. The Morgan fingerprint density at radius 2 is 1.77 bits per heavy atom. The molecule has 0 aliphatic carbocycles. The minimum absolute atomic E-state index is 0.152. The largest absolute Gasteiger partial charge is 0.481 e. The molecule has 0 aliphatic heterocycles. The summed E-state index contributed by atoms with van der Waals surface area (Å²) in [6, 6.07) is 0. The Labute approximate surface area is 80.1 Å². The molecule has 0 rings (SSSR count). The third-order valence-corrected chi connectivity index (χ3v) is 1.14. The zero-order valence-corrected chi connectivity index (χ0v) is 8.87. The van der Waals surface area contributed by atoms with E-state index in [4.69, 9.17) is 15.0 Å². The number of carbonyl (C=O) groups is 1. The van der Waals surface area contributed by atoms with Gasteiger partial charge in [0.25, 0.3) is 5.97 Å². The summed E-state index contributed by atoms with van der Waals surface area (Å²) in [6.45, 7) is 7.04. The molecule has 1 atom stereocenters. The van der Waals surface area contributed by atoms with Crippen molar-refractivity contribution in [1.82, 2.24) is 0 Å². The average Bonchev–Trinajstić information content (AvgIpc) is 1.83. The first-order valence-corrected chi connectivity index (χ1v) is 4.37. The molecule has 3 nitrogen and oxygen atoms in total. The monoisotopic (exact) mass is 188 g/mol. The second kappa shape index (κ2) is 9.26. The van der Waals surface area contributed by atoms with E-state index in [-0.39, 0.29) is 6.10 Å². The van der Waals surface area contributed by atoms with Crippen molar-refractivity contribution >= 4 is 5.97 Å². The lowest BCUT2D eigenvalue weighted by Gasteiger charge is -1.98. The first kappa shape index (κ1) is 14.7. The second-order valence-electron chi connectivity index (χ2n) is 3.23. The summed E-state index contributed by atoms with van der Waals surface area (Å²) >= 11 is 0. The van der Waals surface area contributed by atoms with Crippen LogP contribution in [0, 0.1) is 0 Å². The van der Waals surface area contributed by atoms with Crippen LogP contribution in [0.1, 0.15) is 40.5 Å². The molecule has 3 heteroatoms. The average molecular weight is 188 g/mol. The van der Waals surface area contributed by atoms with Crippen LogP contribution < -0.4 is 0 Å². The number of carboxylic acid groups (broad SMARTS) is 1. The number of rotatable bonds is 3. The quantitative estimate of drug-likeness (QED) is 0.667. The van der Waals surface area contributed by atoms with Gasteiger partial charge in [-0.1, -0.05) is 11.6 Å². The molecular formula is C10H20O3. The Hall–Kier alpha value is -0.830. The molecule has 0 aromatic rings. The lowest BCUT2D eigenvalue weighted by atomic mass is 10.2. The van der Waals surface area contributed by atoms with Crippen LogP contribution in [-0.2, 0) is 4.79 Å². The van der Waals surface area contributed by atoms with E-state index in [1.54, 1.807) is 0 Å². The number of hydrogen-bond donors (Lipinski definition) is 2. The number of hydrogen-bond acceptors (Lipinski definition) is 2. The van der Waals surface area contributed by atoms with Gasteiger partial charge in [0.15, 0.2) is 0 Å². The van der Waals surface area contributed by atoms with Crippen LogP contribution in [0.2, 0.25) is 0 Å². The highest BCUT2D eigenvalue weighted by atomic mass is 16.4. The highest BCUT2D eigenvalue weighted by molar-refractivity contribution is 5.62. The molecule has 0 amide bonds. The van der Waals surface area contributed by atoms with Crippen molar-refractivity contribution in [2.75, 3.05) is 0 Å². The van der Waals surface area contributed by atoms with Gasteiger partial charge in [-0.15, -0.1) is 0 Å². The Kier molecular flexibility index (Phi) is 10.5. The molecule has 0 fully saturated rings. The maximum Gasteiger partial charge on any atom is 0.300 e. The fraction of sp³-hybridized carbons (Fsp3) is 0.700. The van der Waals surface area contributed by atoms with Gasteiger partial charge in [-0.25, -0.2) is 0 Å². The van der Waals surface area contributed by atoms with Gasteiger partial charge in [0.2, 0.25) is 0 Å². The minimum atomic E-state index is -0.833. The molecular weight excluding hydrogens is 168 g/mol. The van der Waals surface area contributed by atoms with Gasteiger partial charge in [-0.05, 0) is 33.6 Å². The van der Waals surface area contributed by atoms with Crippen molar-refractivity contribution in [2.24, 2.45) is 0 Å². The van der Waals surface area contributed by atoms with E-state index < -0.39 is 5.97 Å². The van der Waals surface area contributed by atoms with E-state index >= 15 is 0 Å².